The Morgan fingerprint density at radius 1 is 0.646 bits per heavy atom. The first-order valence-electron chi connectivity index (χ1n) is 13.9. The number of aliphatic carboxylic acids is 2. The van der Waals surface area contributed by atoms with Crippen LogP contribution in [0.5, 0.6) is 17.2 Å². The highest BCUT2D eigenvalue weighted by Crippen LogP contribution is 2.38. The van der Waals surface area contributed by atoms with Gasteiger partial charge >= 0.3 is 11.9 Å². The molecule has 0 radical (unpaired) electrons. The van der Waals surface area contributed by atoms with Gasteiger partial charge < -0.3 is 24.4 Å². The average Bonchev–Trinajstić information content (AvgIpc) is 3.08. The molecule has 0 atom stereocenters. The van der Waals surface area contributed by atoms with Gasteiger partial charge in [0.1, 0.15) is 30.3 Å². The highest BCUT2D eigenvalue weighted by molar-refractivity contribution is 7.93. The van der Waals surface area contributed by atoms with Crippen molar-refractivity contribution in [3.8, 4) is 17.2 Å². The molecule has 0 amide bonds. The van der Waals surface area contributed by atoms with Gasteiger partial charge in [0.15, 0.2) is 12.4 Å². The van der Waals surface area contributed by atoms with Crippen LogP contribution >= 0.6 is 0 Å². The second-order valence-electron chi connectivity index (χ2n) is 9.89. The third-order valence-electron chi connectivity index (χ3n) is 6.81. The van der Waals surface area contributed by atoms with Crippen LogP contribution in [0, 0.1) is 0 Å². The number of anilines is 2. The maximum Gasteiger partial charge on any atom is 0.324 e. The summed E-state index contributed by atoms with van der Waals surface area (Å²) in [6.45, 7) is -2.83. The number of ketones is 1. The van der Waals surface area contributed by atoms with Crippen LogP contribution in [0.2, 0.25) is 0 Å². The molecular formula is C32H30N2O12S2. The molecule has 2 N–H and O–H groups in total. The second-order valence-corrected chi connectivity index (χ2v) is 13.6. The Hall–Kier alpha value is -5.61. The summed E-state index contributed by atoms with van der Waals surface area (Å²) in [5.41, 5.74) is -0.399. The molecule has 4 rings (SSSR count). The van der Waals surface area contributed by atoms with E-state index in [1.54, 1.807) is 18.2 Å². The highest BCUT2D eigenvalue weighted by Gasteiger charge is 2.32. The highest BCUT2D eigenvalue weighted by atomic mass is 32.2. The lowest BCUT2D eigenvalue weighted by Crippen LogP contribution is -2.37. The van der Waals surface area contributed by atoms with E-state index >= 15 is 0 Å². The molecule has 252 valence electrons. The number of rotatable bonds is 16. The van der Waals surface area contributed by atoms with Crippen LogP contribution in [0.1, 0.15) is 10.4 Å². The first-order chi connectivity index (χ1) is 22.8. The monoisotopic (exact) mass is 698 g/mol. The molecule has 0 unspecified atom stereocenters. The van der Waals surface area contributed by atoms with E-state index in [2.05, 4.69) is 0 Å². The topological polar surface area (TPSA) is 194 Å². The summed E-state index contributed by atoms with van der Waals surface area (Å²) in [6.07, 6.45) is 0. The second kappa shape index (κ2) is 14.9. The minimum Gasteiger partial charge on any atom is -0.497 e. The summed E-state index contributed by atoms with van der Waals surface area (Å²) < 4.78 is 72.1. The molecule has 0 aliphatic heterocycles. The summed E-state index contributed by atoms with van der Waals surface area (Å²) in [4.78, 5) is 36.2. The van der Waals surface area contributed by atoms with E-state index in [4.69, 9.17) is 14.2 Å². The number of carbonyl (C=O) groups is 3. The van der Waals surface area contributed by atoms with Crippen LogP contribution in [0.3, 0.4) is 0 Å². The lowest BCUT2D eigenvalue weighted by Gasteiger charge is -2.27. The number of hydrogen-bond acceptors (Lipinski definition) is 10. The van der Waals surface area contributed by atoms with Gasteiger partial charge in [-0.2, -0.15) is 0 Å². The molecule has 4 aromatic carbocycles. The zero-order chi connectivity index (χ0) is 35.1. The standard InChI is InChI=1S/C32H30N2O12S2/c1-44-24-9-13-26(14-10-24)47(40,41)33(19-31(36)37)23-8-17-28(30(18-23)46-21-29(35)22-6-4-3-5-7-22)34(20-32(38)39)48(42,43)27-15-11-25(45-2)12-16-27/h3-18H,19-21H2,1-2H3,(H,36,37)(H,38,39). The van der Waals surface area contributed by atoms with Gasteiger partial charge in [0, 0.05) is 11.6 Å². The molecule has 16 heteroatoms. The number of sulfonamides is 2. The van der Waals surface area contributed by atoms with Crippen LogP contribution in [-0.2, 0) is 29.6 Å². The van der Waals surface area contributed by atoms with E-state index in [0.717, 1.165) is 18.2 Å². The van der Waals surface area contributed by atoms with Crippen molar-refractivity contribution in [3.05, 3.63) is 103 Å². The maximum absolute atomic E-state index is 13.8. The minimum atomic E-state index is -4.62. The van der Waals surface area contributed by atoms with Gasteiger partial charge in [0.25, 0.3) is 20.0 Å². The van der Waals surface area contributed by atoms with Gasteiger partial charge in [0.05, 0.1) is 35.4 Å². The van der Waals surface area contributed by atoms with Gasteiger partial charge in [-0.25, -0.2) is 16.8 Å². The van der Waals surface area contributed by atoms with Crippen molar-refractivity contribution >= 4 is 49.1 Å². The zero-order valence-electron chi connectivity index (χ0n) is 25.5. The fraction of sp³-hybridized carbons (Fsp3) is 0.156. The molecule has 0 aromatic heterocycles. The molecule has 0 bridgehead atoms. The number of carbonyl (C=O) groups excluding carboxylic acids is 1. The lowest BCUT2D eigenvalue weighted by atomic mass is 10.1. The van der Waals surface area contributed by atoms with Gasteiger partial charge in [0.2, 0.25) is 0 Å². The summed E-state index contributed by atoms with van der Waals surface area (Å²) in [5, 5.41) is 19.4. The van der Waals surface area contributed by atoms with Crippen molar-refractivity contribution in [2.45, 2.75) is 9.79 Å². The Bertz CT molecular complexity index is 2000. The molecular weight excluding hydrogens is 668 g/mol. The first kappa shape index (κ1) is 35.2. The van der Waals surface area contributed by atoms with Crippen LogP contribution < -0.4 is 22.8 Å². The third kappa shape index (κ3) is 8.02. The number of benzene rings is 4. The van der Waals surface area contributed by atoms with Crippen LogP contribution in [0.4, 0.5) is 11.4 Å². The number of hydrogen-bond donors (Lipinski definition) is 2. The minimum absolute atomic E-state index is 0.248. The molecule has 0 saturated carbocycles. The van der Waals surface area contributed by atoms with Crippen LogP contribution in [-0.4, -0.2) is 78.7 Å². The Labute approximate surface area is 276 Å². The molecule has 48 heavy (non-hydrogen) atoms. The number of carboxylic acids is 2. The molecule has 4 aromatic rings. The normalized spacial score (nSPS) is 11.3. The Morgan fingerprint density at radius 2 is 1.12 bits per heavy atom. The van der Waals surface area contributed by atoms with Crippen molar-refractivity contribution in [1.82, 2.24) is 0 Å². The first-order valence-corrected chi connectivity index (χ1v) is 16.8. The fourth-order valence-corrected chi connectivity index (χ4v) is 7.27. The van der Waals surface area contributed by atoms with Crippen molar-refractivity contribution in [2.24, 2.45) is 0 Å². The Kier molecular flexibility index (Phi) is 10.9. The molecule has 0 aliphatic rings. The third-order valence-corrected chi connectivity index (χ3v) is 10.4. The SMILES string of the molecule is COc1ccc(S(=O)(=O)N(CC(=O)O)c2ccc(N(CC(=O)O)S(=O)(=O)c3ccc(OC)cc3)c(OCC(=O)c3ccccc3)c2)cc1. The predicted molar refractivity (Wildman–Crippen MR) is 173 cm³/mol. The number of nitrogens with zero attached hydrogens (tertiary/aromatic N) is 2. The lowest BCUT2D eigenvalue weighted by molar-refractivity contribution is -0.136. The molecule has 0 aliphatic carbocycles. The number of Topliss-reactive ketones (excluding diaryl/α,β-unsaturated/α-hetero) is 1. The fourth-order valence-electron chi connectivity index (χ4n) is 4.44. The summed E-state index contributed by atoms with van der Waals surface area (Å²) in [7, 11) is -6.42. The number of carboxylic acid groups (broad SMARTS) is 2. The molecule has 0 fully saturated rings. The van der Waals surface area contributed by atoms with Crippen molar-refractivity contribution in [2.75, 3.05) is 42.5 Å². The van der Waals surface area contributed by atoms with E-state index in [0.29, 0.717) is 20.1 Å². The maximum atomic E-state index is 13.8. The largest absolute Gasteiger partial charge is 0.497 e. The Balaban J connectivity index is 1.88. The van der Waals surface area contributed by atoms with E-state index in [1.807, 2.05) is 0 Å². The van der Waals surface area contributed by atoms with Crippen LogP contribution in [0.25, 0.3) is 0 Å². The van der Waals surface area contributed by atoms with Gasteiger partial charge in [-0.05, 0) is 60.7 Å². The zero-order valence-corrected chi connectivity index (χ0v) is 27.2. The smallest absolute Gasteiger partial charge is 0.324 e. The van der Waals surface area contributed by atoms with E-state index in [9.17, 15) is 41.4 Å². The van der Waals surface area contributed by atoms with Crippen LogP contribution in [0.15, 0.2) is 107 Å². The molecule has 0 saturated heterocycles. The van der Waals surface area contributed by atoms with Crippen molar-refractivity contribution < 1.29 is 55.6 Å². The molecule has 0 heterocycles. The van der Waals surface area contributed by atoms with Gasteiger partial charge in [-0.15, -0.1) is 0 Å². The van der Waals surface area contributed by atoms with E-state index < -0.39 is 63.2 Å². The quantitative estimate of drug-likeness (QED) is 0.162. The van der Waals surface area contributed by atoms with Gasteiger partial charge in [-0.3, -0.25) is 23.0 Å². The molecule has 0 spiro atoms. The predicted octanol–water partition coefficient (Wildman–Crippen LogP) is 3.53. The summed E-state index contributed by atoms with van der Waals surface area (Å²) >= 11 is 0. The Morgan fingerprint density at radius 3 is 1.60 bits per heavy atom. The van der Waals surface area contributed by atoms with Crippen molar-refractivity contribution in [3.63, 3.8) is 0 Å². The number of ether oxygens (including phenoxy) is 3. The van der Waals surface area contributed by atoms with E-state index in [-0.39, 0.29) is 26.7 Å². The van der Waals surface area contributed by atoms with E-state index in [1.165, 1.54) is 74.9 Å². The summed E-state index contributed by atoms with van der Waals surface area (Å²) in [5.74, 6) is -3.34. The number of methoxy groups -OCH3 is 2. The van der Waals surface area contributed by atoms with Gasteiger partial charge in [-0.1, -0.05) is 30.3 Å². The van der Waals surface area contributed by atoms with Crippen molar-refractivity contribution in [1.29, 1.82) is 0 Å². The molecule has 14 nitrogen and oxygen atoms in total. The average molecular weight is 699 g/mol. The summed E-state index contributed by atoms with van der Waals surface area (Å²) in [6, 6.07) is 21.4.